The van der Waals surface area contributed by atoms with Gasteiger partial charge in [0.25, 0.3) is 0 Å². The molecule has 0 bridgehead atoms. The summed E-state index contributed by atoms with van der Waals surface area (Å²) in [5.74, 6) is 0.879. The summed E-state index contributed by atoms with van der Waals surface area (Å²) in [5.41, 5.74) is -2.03. The first-order chi connectivity index (χ1) is 19.4. The van der Waals surface area contributed by atoms with E-state index in [0.29, 0.717) is 60.2 Å². The molecule has 9 nitrogen and oxygen atoms in total. The Bertz CT molecular complexity index is 1490. The smallest absolute Gasteiger partial charge is 0.347 e. The van der Waals surface area contributed by atoms with Crippen molar-refractivity contribution in [3.05, 3.63) is 68.4 Å². The first kappa shape index (κ1) is 28.7. The Morgan fingerprint density at radius 2 is 0.950 bits per heavy atom. The maximum atomic E-state index is 13.6. The standard InChI is InChI=1S/C31H34O9/c1-5-9-35-21-13-19-15-23(30(33)39-28(19)25(17-21)37-11-7-3)27(32)24-16-20-14-22(36-10-6-2)18-26(38-12-8-4)29(20)40-31(24)34/h13-18H,5-12H2,1-4H3. The molecule has 0 aliphatic carbocycles. The van der Waals surface area contributed by atoms with Crippen LogP contribution in [-0.2, 0) is 0 Å². The SMILES string of the molecule is CCCOc1cc(OCCC)c2oc(=O)c(C(=O)c3cc4cc(OCCC)cc(OCCC)c4oc3=O)cc2c1. The maximum Gasteiger partial charge on any atom is 0.347 e. The highest BCUT2D eigenvalue weighted by Gasteiger charge is 2.23. The van der Waals surface area contributed by atoms with Gasteiger partial charge in [-0.2, -0.15) is 0 Å². The molecular formula is C31H34O9. The minimum absolute atomic E-state index is 0.194. The van der Waals surface area contributed by atoms with Crippen molar-refractivity contribution in [1.29, 1.82) is 0 Å². The van der Waals surface area contributed by atoms with Gasteiger partial charge in [-0.15, -0.1) is 0 Å². The van der Waals surface area contributed by atoms with Gasteiger partial charge in [0.15, 0.2) is 22.7 Å². The van der Waals surface area contributed by atoms with Gasteiger partial charge in [-0.05, 0) is 49.9 Å². The van der Waals surface area contributed by atoms with Crippen LogP contribution in [0, 0.1) is 0 Å². The zero-order valence-corrected chi connectivity index (χ0v) is 23.3. The number of carbonyl (C=O) groups is 1. The number of ketones is 1. The molecule has 2 aromatic heterocycles. The molecule has 0 fully saturated rings. The van der Waals surface area contributed by atoms with E-state index in [-0.39, 0.29) is 22.3 Å². The molecule has 0 atom stereocenters. The third-order valence-corrected chi connectivity index (χ3v) is 5.90. The minimum Gasteiger partial charge on any atom is -0.493 e. The average Bonchev–Trinajstić information content (AvgIpc) is 2.95. The Morgan fingerprint density at radius 3 is 1.32 bits per heavy atom. The van der Waals surface area contributed by atoms with Gasteiger partial charge < -0.3 is 27.8 Å². The van der Waals surface area contributed by atoms with Gasteiger partial charge in [0.1, 0.15) is 22.6 Å². The van der Waals surface area contributed by atoms with Gasteiger partial charge in [0, 0.05) is 22.9 Å². The lowest BCUT2D eigenvalue weighted by Gasteiger charge is -2.12. The molecule has 2 aromatic carbocycles. The van der Waals surface area contributed by atoms with Crippen molar-refractivity contribution in [3.63, 3.8) is 0 Å². The fourth-order valence-electron chi connectivity index (χ4n) is 4.06. The summed E-state index contributed by atoms with van der Waals surface area (Å²) in [7, 11) is 0. The molecule has 0 unspecified atom stereocenters. The van der Waals surface area contributed by atoms with Crippen LogP contribution in [0.15, 0.2) is 54.8 Å². The zero-order valence-electron chi connectivity index (χ0n) is 23.3. The number of rotatable bonds is 14. The highest BCUT2D eigenvalue weighted by Crippen LogP contribution is 2.33. The van der Waals surface area contributed by atoms with E-state index in [1.807, 2.05) is 27.7 Å². The minimum atomic E-state index is -0.896. The van der Waals surface area contributed by atoms with Gasteiger partial charge in [0.2, 0.25) is 5.78 Å². The summed E-state index contributed by atoms with van der Waals surface area (Å²) in [6.07, 6.45) is 3.09. The van der Waals surface area contributed by atoms with E-state index < -0.39 is 17.0 Å². The van der Waals surface area contributed by atoms with Crippen LogP contribution in [-0.4, -0.2) is 32.2 Å². The molecule has 2 heterocycles. The van der Waals surface area contributed by atoms with Crippen molar-refractivity contribution in [3.8, 4) is 23.0 Å². The predicted molar refractivity (Wildman–Crippen MR) is 152 cm³/mol. The second kappa shape index (κ2) is 13.2. The molecule has 4 aromatic rings. The van der Waals surface area contributed by atoms with E-state index >= 15 is 0 Å². The molecule has 0 spiro atoms. The van der Waals surface area contributed by atoms with Crippen LogP contribution in [0.2, 0.25) is 0 Å². The van der Waals surface area contributed by atoms with Crippen LogP contribution in [0.4, 0.5) is 0 Å². The molecule has 9 heteroatoms. The fraction of sp³-hybridized carbons (Fsp3) is 0.387. The summed E-state index contributed by atoms with van der Waals surface area (Å²) in [4.78, 5) is 39.6. The van der Waals surface area contributed by atoms with Gasteiger partial charge in [-0.25, -0.2) is 9.59 Å². The van der Waals surface area contributed by atoms with E-state index in [9.17, 15) is 14.4 Å². The predicted octanol–water partition coefficient (Wildman–Crippen LogP) is 6.29. The van der Waals surface area contributed by atoms with E-state index in [1.54, 1.807) is 24.3 Å². The molecule has 0 radical (unpaired) electrons. The molecule has 0 saturated carbocycles. The second-order valence-corrected chi connectivity index (χ2v) is 9.30. The summed E-state index contributed by atoms with van der Waals surface area (Å²) in [6.45, 7) is 9.65. The maximum absolute atomic E-state index is 13.6. The van der Waals surface area contributed by atoms with Crippen LogP contribution in [0.1, 0.15) is 69.3 Å². The molecule has 212 valence electrons. The molecule has 40 heavy (non-hydrogen) atoms. The number of carbonyl (C=O) groups excluding carboxylic acids is 1. The third-order valence-electron chi connectivity index (χ3n) is 5.90. The Kier molecular flexibility index (Phi) is 9.47. The fourth-order valence-corrected chi connectivity index (χ4v) is 4.06. The molecule has 0 aliphatic heterocycles. The number of hydrogen-bond donors (Lipinski definition) is 0. The van der Waals surface area contributed by atoms with Crippen molar-refractivity contribution in [1.82, 2.24) is 0 Å². The molecule has 0 saturated heterocycles. The van der Waals surface area contributed by atoms with Crippen molar-refractivity contribution in [2.24, 2.45) is 0 Å². The lowest BCUT2D eigenvalue weighted by atomic mass is 10.0. The lowest BCUT2D eigenvalue weighted by molar-refractivity contribution is 0.103. The second-order valence-electron chi connectivity index (χ2n) is 9.30. The van der Waals surface area contributed by atoms with Crippen LogP contribution in [0.5, 0.6) is 23.0 Å². The van der Waals surface area contributed by atoms with Crippen molar-refractivity contribution >= 4 is 27.7 Å². The van der Waals surface area contributed by atoms with Gasteiger partial charge >= 0.3 is 11.3 Å². The van der Waals surface area contributed by atoms with Crippen LogP contribution in [0.3, 0.4) is 0 Å². The highest BCUT2D eigenvalue weighted by molar-refractivity contribution is 6.11. The Labute approximate surface area is 231 Å². The van der Waals surface area contributed by atoms with Crippen molar-refractivity contribution < 1.29 is 32.6 Å². The van der Waals surface area contributed by atoms with Gasteiger partial charge in [-0.3, -0.25) is 4.79 Å². The van der Waals surface area contributed by atoms with Crippen molar-refractivity contribution in [2.45, 2.75) is 53.4 Å². The number of benzene rings is 2. The summed E-state index contributed by atoms with van der Waals surface area (Å²) in [5, 5.41) is 0.858. The third kappa shape index (κ3) is 6.30. The number of ether oxygens (including phenoxy) is 4. The van der Waals surface area contributed by atoms with Gasteiger partial charge in [-0.1, -0.05) is 27.7 Å². The molecule has 0 aliphatic rings. The zero-order chi connectivity index (χ0) is 28.6. The Morgan fingerprint density at radius 1 is 0.575 bits per heavy atom. The molecular weight excluding hydrogens is 516 g/mol. The van der Waals surface area contributed by atoms with Crippen LogP contribution in [0.25, 0.3) is 21.9 Å². The lowest BCUT2D eigenvalue weighted by Crippen LogP contribution is -2.21. The monoisotopic (exact) mass is 550 g/mol. The summed E-state index contributed by atoms with van der Waals surface area (Å²) in [6, 6.07) is 9.43. The van der Waals surface area contributed by atoms with Crippen molar-refractivity contribution in [2.75, 3.05) is 26.4 Å². The Hall–Kier alpha value is -4.27. The normalized spacial score (nSPS) is 11.1. The van der Waals surface area contributed by atoms with E-state index in [0.717, 1.165) is 25.7 Å². The van der Waals surface area contributed by atoms with E-state index in [1.165, 1.54) is 12.1 Å². The van der Waals surface area contributed by atoms with E-state index in [4.69, 9.17) is 27.8 Å². The van der Waals surface area contributed by atoms with Crippen LogP contribution < -0.4 is 30.2 Å². The highest BCUT2D eigenvalue weighted by atomic mass is 16.5. The molecule has 0 N–H and O–H groups in total. The first-order valence-corrected chi connectivity index (χ1v) is 13.7. The molecule has 0 amide bonds. The number of fused-ring (bicyclic) bond motifs is 2. The largest absolute Gasteiger partial charge is 0.493 e. The van der Waals surface area contributed by atoms with Crippen LogP contribution >= 0.6 is 0 Å². The number of hydrogen-bond acceptors (Lipinski definition) is 9. The topological polar surface area (TPSA) is 114 Å². The molecule has 4 rings (SSSR count). The summed E-state index contributed by atoms with van der Waals surface area (Å²) < 4.78 is 34.2. The quantitative estimate of drug-likeness (QED) is 0.132. The average molecular weight is 551 g/mol. The van der Waals surface area contributed by atoms with Gasteiger partial charge in [0.05, 0.1) is 26.4 Å². The first-order valence-electron chi connectivity index (χ1n) is 13.7. The Balaban J connectivity index is 1.82. The van der Waals surface area contributed by atoms with E-state index in [2.05, 4.69) is 0 Å². The summed E-state index contributed by atoms with van der Waals surface area (Å²) >= 11 is 0.